The third-order valence-corrected chi connectivity index (χ3v) is 10.9. The first kappa shape index (κ1) is 24.1. The van der Waals surface area contributed by atoms with E-state index in [1.54, 1.807) is 42.5 Å². The fraction of sp³-hybridized carbons (Fsp3) is 0. The lowest BCUT2D eigenvalue weighted by molar-refractivity contribution is 0.601. The maximum Gasteiger partial charge on any atom is 0.271 e. The molecule has 2 N–H and O–H groups in total. The van der Waals surface area contributed by atoms with Crippen LogP contribution in [0.3, 0.4) is 0 Å². The van der Waals surface area contributed by atoms with E-state index in [2.05, 4.69) is 14.4 Å². The van der Waals surface area contributed by atoms with Crippen LogP contribution in [-0.2, 0) is 20.0 Å². The lowest BCUT2D eigenvalue weighted by Crippen LogP contribution is -2.11. The van der Waals surface area contributed by atoms with Gasteiger partial charge >= 0.3 is 0 Å². The molecule has 0 fully saturated rings. The molecule has 0 saturated heterocycles. The van der Waals surface area contributed by atoms with Gasteiger partial charge in [-0.3, -0.25) is 9.44 Å². The molecule has 14 heteroatoms. The van der Waals surface area contributed by atoms with Crippen molar-refractivity contribution in [1.29, 1.82) is 0 Å². The number of rotatable bonds is 7. The molecule has 35 heavy (non-hydrogen) atoms. The number of thiophene rings is 2. The van der Waals surface area contributed by atoms with Gasteiger partial charge in [-0.15, -0.1) is 22.7 Å². The summed E-state index contributed by atoms with van der Waals surface area (Å²) in [6, 6.07) is 17.1. The molecule has 0 spiro atoms. The molecule has 0 aliphatic rings. The lowest BCUT2D eigenvalue weighted by Gasteiger charge is -2.06. The molecular weight excluding hydrogens is 573 g/mol. The Labute approximate surface area is 218 Å². The van der Waals surface area contributed by atoms with Crippen molar-refractivity contribution in [1.82, 2.24) is 4.98 Å². The predicted octanol–water partition coefficient (Wildman–Crippen LogP) is 6.53. The van der Waals surface area contributed by atoms with Crippen molar-refractivity contribution in [2.45, 2.75) is 8.42 Å². The van der Waals surface area contributed by atoms with E-state index >= 15 is 0 Å². The van der Waals surface area contributed by atoms with Gasteiger partial charge < -0.3 is 4.42 Å². The third-order valence-electron chi connectivity index (χ3n) is 4.65. The second kappa shape index (κ2) is 9.12. The van der Waals surface area contributed by atoms with E-state index in [0.717, 1.165) is 22.7 Å². The molecule has 0 aliphatic carbocycles. The van der Waals surface area contributed by atoms with Gasteiger partial charge in [-0.2, -0.15) is 0 Å². The molecular formula is C21H13Cl2N3O5S4. The zero-order valence-corrected chi connectivity index (χ0v) is 22.0. The number of nitrogens with zero attached hydrogens (tertiary/aromatic N) is 1. The van der Waals surface area contributed by atoms with E-state index < -0.39 is 20.0 Å². The number of hydrogen-bond acceptors (Lipinski definition) is 8. The first-order valence-corrected chi connectivity index (χ1v) is 15.0. The Morgan fingerprint density at radius 1 is 0.714 bits per heavy atom. The lowest BCUT2D eigenvalue weighted by atomic mass is 10.2. The Hall–Kier alpha value is -2.61. The zero-order valence-electron chi connectivity index (χ0n) is 17.2. The maximum absolute atomic E-state index is 12.5. The van der Waals surface area contributed by atoms with Crippen molar-refractivity contribution in [3.8, 4) is 11.5 Å². The van der Waals surface area contributed by atoms with Crippen LogP contribution in [0.2, 0.25) is 8.67 Å². The van der Waals surface area contributed by atoms with Crippen LogP contribution in [0.15, 0.2) is 79.6 Å². The van der Waals surface area contributed by atoms with Crippen LogP contribution in [0.4, 0.5) is 11.4 Å². The summed E-state index contributed by atoms with van der Waals surface area (Å²) in [4.78, 5) is 4.43. The summed E-state index contributed by atoms with van der Waals surface area (Å²) in [5, 5.41) is 0. The molecule has 3 aromatic heterocycles. The van der Waals surface area contributed by atoms with E-state index in [0.29, 0.717) is 42.6 Å². The van der Waals surface area contributed by atoms with Crippen molar-refractivity contribution >= 4 is 88.4 Å². The second-order valence-corrected chi connectivity index (χ2v) is 14.4. The zero-order chi connectivity index (χ0) is 24.8. The van der Waals surface area contributed by atoms with E-state index in [1.165, 1.54) is 24.3 Å². The molecule has 2 aromatic carbocycles. The van der Waals surface area contributed by atoms with Gasteiger partial charge in [0.2, 0.25) is 5.89 Å². The summed E-state index contributed by atoms with van der Waals surface area (Å²) in [7, 11) is -7.53. The highest BCUT2D eigenvalue weighted by Crippen LogP contribution is 2.31. The molecule has 5 aromatic rings. The Morgan fingerprint density at radius 2 is 1.26 bits per heavy atom. The van der Waals surface area contributed by atoms with Crippen molar-refractivity contribution in [2.75, 3.05) is 9.44 Å². The Morgan fingerprint density at radius 3 is 1.80 bits per heavy atom. The van der Waals surface area contributed by atoms with Crippen molar-refractivity contribution in [3.63, 3.8) is 0 Å². The predicted molar refractivity (Wildman–Crippen MR) is 140 cm³/mol. The Kier molecular flexibility index (Phi) is 6.28. The average Bonchev–Trinajstić information content (AvgIpc) is 3.53. The largest absolute Gasteiger partial charge is 0.436 e. The smallest absolute Gasteiger partial charge is 0.271 e. The van der Waals surface area contributed by atoms with Crippen LogP contribution in [0.5, 0.6) is 0 Å². The molecule has 0 amide bonds. The summed E-state index contributed by atoms with van der Waals surface area (Å²) >= 11 is 13.6. The quantitative estimate of drug-likeness (QED) is 0.224. The van der Waals surface area contributed by atoms with E-state index in [1.807, 2.05) is 0 Å². The molecule has 3 heterocycles. The Balaban J connectivity index is 1.36. The molecule has 0 bridgehead atoms. The summed E-state index contributed by atoms with van der Waals surface area (Å²) in [5.74, 6) is 0.296. The van der Waals surface area contributed by atoms with Crippen molar-refractivity contribution < 1.29 is 21.3 Å². The molecule has 5 rings (SSSR count). The highest BCUT2D eigenvalue weighted by atomic mass is 35.5. The normalized spacial score (nSPS) is 12.2. The number of nitrogens with one attached hydrogen (secondary N) is 2. The summed E-state index contributed by atoms with van der Waals surface area (Å²) < 4.78 is 61.8. The summed E-state index contributed by atoms with van der Waals surface area (Å²) in [6.45, 7) is 0. The van der Waals surface area contributed by atoms with E-state index in [4.69, 9.17) is 27.6 Å². The fourth-order valence-corrected chi connectivity index (χ4v) is 8.16. The maximum atomic E-state index is 12.5. The van der Waals surface area contributed by atoms with Gasteiger partial charge in [-0.1, -0.05) is 23.2 Å². The molecule has 0 atom stereocenters. The summed E-state index contributed by atoms with van der Waals surface area (Å²) in [6.07, 6.45) is 0. The fourth-order valence-electron chi connectivity index (χ4n) is 3.09. The van der Waals surface area contributed by atoms with Gasteiger partial charge in [0.25, 0.3) is 20.0 Å². The van der Waals surface area contributed by atoms with Crippen LogP contribution in [0.25, 0.3) is 22.6 Å². The highest BCUT2D eigenvalue weighted by molar-refractivity contribution is 7.95. The van der Waals surface area contributed by atoms with Gasteiger partial charge in [0.1, 0.15) is 13.9 Å². The molecule has 8 nitrogen and oxygen atoms in total. The van der Waals surface area contributed by atoms with Gasteiger partial charge in [0.15, 0.2) is 5.58 Å². The molecule has 0 saturated carbocycles. The van der Waals surface area contributed by atoms with E-state index in [-0.39, 0.29) is 8.42 Å². The summed E-state index contributed by atoms with van der Waals surface area (Å²) in [5.41, 5.74) is 2.20. The topological polar surface area (TPSA) is 118 Å². The number of halogens is 2. The molecule has 180 valence electrons. The monoisotopic (exact) mass is 585 g/mol. The van der Waals surface area contributed by atoms with Crippen LogP contribution in [-0.4, -0.2) is 21.8 Å². The van der Waals surface area contributed by atoms with Gasteiger partial charge in [0, 0.05) is 11.3 Å². The SMILES string of the molecule is O=S(=O)(Nc1ccc(-c2nc3cc(NS(=O)(=O)c4ccc(Cl)s4)ccc3o2)cc1)c1ccc(Cl)s1. The minimum Gasteiger partial charge on any atom is -0.436 e. The van der Waals surface area contributed by atoms with Gasteiger partial charge in [-0.25, -0.2) is 21.8 Å². The second-order valence-electron chi connectivity index (χ2n) is 7.11. The number of oxazole rings is 1. The van der Waals surface area contributed by atoms with Crippen LogP contribution in [0.1, 0.15) is 0 Å². The number of aromatic nitrogens is 1. The van der Waals surface area contributed by atoms with Crippen LogP contribution < -0.4 is 9.44 Å². The average molecular weight is 587 g/mol. The highest BCUT2D eigenvalue weighted by Gasteiger charge is 2.19. The number of fused-ring (bicyclic) bond motifs is 1. The van der Waals surface area contributed by atoms with Crippen molar-refractivity contribution in [2.24, 2.45) is 0 Å². The molecule has 0 radical (unpaired) electrons. The number of anilines is 2. The molecule has 0 unspecified atom stereocenters. The standard InChI is InChI=1S/C21H13Cl2N3O5S4/c22-17-7-9-19(32-17)34(27,28)25-13-3-1-12(2-4-13)21-24-15-11-14(5-6-16(15)31-21)26-35(29,30)20-10-8-18(23)33-20/h1-11,25-26H. The Bertz CT molecular complexity index is 1760. The first-order chi connectivity index (χ1) is 16.6. The minimum atomic E-state index is -3.78. The van der Waals surface area contributed by atoms with Crippen LogP contribution in [0, 0.1) is 0 Å². The van der Waals surface area contributed by atoms with Gasteiger partial charge in [-0.05, 0) is 66.7 Å². The van der Waals surface area contributed by atoms with Gasteiger partial charge in [0.05, 0.1) is 14.4 Å². The van der Waals surface area contributed by atoms with E-state index in [9.17, 15) is 16.8 Å². The first-order valence-electron chi connectivity index (χ1n) is 9.66. The third kappa shape index (κ3) is 5.17. The van der Waals surface area contributed by atoms with Crippen molar-refractivity contribution in [3.05, 3.63) is 75.4 Å². The number of benzene rings is 2. The number of hydrogen-bond donors (Lipinski definition) is 2. The minimum absolute atomic E-state index is 0.0985. The molecule has 0 aliphatic heterocycles. The van der Waals surface area contributed by atoms with Crippen LogP contribution >= 0.6 is 45.9 Å². The number of sulfonamides is 2.